The van der Waals surface area contributed by atoms with Crippen LogP contribution in [0.5, 0.6) is 0 Å². The molecule has 1 aliphatic heterocycles. The fraction of sp³-hybridized carbons (Fsp3) is 0.914. The van der Waals surface area contributed by atoms with E-state index in [4.69, 9.17) is 4.74 Å². The molecule has 0 aliphatic carbocycles. The molecule has 2 rings (SSSR count). The second-order valence-corrected chi connectivity index (χ2v) is 12.8. The first-order valence-electron chi connectivity index (χ1n) is 17.6. The van der Waals surface area contributed by atoms with Crippen molar-refractivity contribution in [2.75, 3.05) is 0 Å². The molecule has 40 heavy (non-hydrogen) atoms. The third kappa shape index (κ3) is 16.5. The van der Waals surface area contributed by atoms with E-state index in [2.05, 4.69) is 18.1 Å². The van der Waals surface area contributed by atoms with Crippen LogP contribution >= 0.6 is 0 Å². The Bertz CT molecular complexity index is 694. The first kappa shape index (κ1) is 35.3. The van der Waals surface area contributed by atoms with Crippen LogP contribution in [0.4, 0.5) is 0 Å². The number of rotatable bonds is 27. The molecule has 0 spiro atoms. The fourth-order valence-corrected chi connectivity index (χ4v) is 6.37. The minimum Gasteiger partial charge on any atom is -0.390 e. The summed E-state index contributed by atoms with van der Waals surface area (Å²) in [7, 11) is 2.03. The van der Waals surface area contributed by atoms with Crippen LogP contribution in [0.2, 0.25) is 0 Å². The summed E-state index contributed by atoms with van der Waals surface area (Å²) in [6.45, 7) is 2.28. The minimum atomic E-state index is -0.370. The molecule has 1 fully saturated rings. The molecule has 5 heteroatoms. The lowest BCUT2D eigenvalue weighted by molar-refractivity contribution is -0.0786. The second-order valence-electron chi connectivity index (χ2n) is 12.8. The number of aromatic nitrogens is 2. The number of aryl methyl sites for hydroxylation is 2. The summed E-state index contributed by atoms with van der Waals surface area (Å²) in [6.07, 6.45) is 33.1. The van der Waals surface area contributed by atoms with E-state index in [9.17, 15) is 10.2 Å². The average Bonchev–Trinajstić information content (AvgIpc) is 3.61. The van der Waals surface area contributed by atoms with E-state index in [1.165, 1.54) is 128 Å². The Labute approximate surface area is 247 Å². The normalized spacial score (nSPS) is 18.9. The lowest BCUT2D eigenvalue weighted by atomic mass is 10.00. The van der Waals surface area contributed by atoms with Crippen LogP contribution in [0.15, 0.2) is 12.3 Å². The Balaban J connectivity index is 1.34. The van der Waals surface area contributed by atoms with Crippen LogP contribution in [-0.4, -0.2) is 44.4 Å². The summed E-state index contributed by atoms with van der Waals surface area (Å²) in [5.74, 6) is 0. The smallest absolute Gasteiger partial charge is 0.0840 e. The number of hydrogen-bond acceptors (Lipinski definition) is 4. The van der Waals surface area contributed by atoms with Gasteiger partial charge in [-0.25, -0.2) is 0 Å². The van der Waals surface area contributed by atoms with Gasteiger partial charge in [0, 0.05) is 18.9 Å². The summed E-state index contributed by atoms with van der Waals surface area (Å²) in [5.41, 5.74) is 1.34. The number of aliphatic hydroxyl groups is 2. The van der Waals surface area contributed by atoms with Crippen LogP contribution in [0.25, 0.3) is 0 Å². The van der Waals surface area contributed by atoms with Crippen LogP contribution in [0, 0.1) is 0 Å². The van der Waals surface area contributed by atoms with E-state index in [0.29, 0.717) is 0 Å². The Morgan fingerprint density at radius 3 is 1.48 bits per heavy atom. The van der Waals surface area contributed by atoms with Crippen molar-refractivity contribution >= 4 is 0 Å². The zero-order valence-corrected chi connectivity index (χ0v) is 26.5. The number of ether oxygens (including phenoxy) is 1. The largest absolute Gasteiger partial charge is 0.390 e. The number of hydrogen-bond donors (Lipinski definition) is 2. The molecular formula is C35H66N2O3. The summed E-state index contributed by atoms with van der Waals surface area (Å²) in [5, 5.41) is 25.5. The van der Waals surface area contributed by atoms with Gasteiger partial charge < -0.3 is 14.9 Å². The Hall–Kier alpha value is -0.910. The van der Waals surface area contributed by atoms with Crippen LogP contribution in [0.1, 0.15) is 173 Å². The quantitative estimate of drug-likeness (QED) is 0.105. The third-order valence-electron chi connectivity index (χ3n) is 9.15. The van der Waals surface area contributed by atoms with E-state index in [1.54, 1.807) is 0 Å². The molecule has 2 heterocycles. The highest BCUT2D eigenvalue weighted by atomic mass is 16.5. The first-order valence-corrected chi connectivity index (χ1v) is 17.6. The van der Waals surface area contributed by atoms with Gasteiger partial charge in [-0.05, 0) is 44.6 Å². The average molecular weight is 563 g/mol. The third-order valence-corrected chi connectivity index (χ3v) is 9.15. The molecule has 0 radical (unpaired) electrons. The summed E-state index contributed by atoms with van der Waals surface area (Å²) in [6, 6.07) is 2.13. The molecule has 1 aliphatic rings. The van der Waals surface area contributed by atoms with E-state index in [0.717, 1.165) is 44.9 Å². The van der Waals surface area contributed by atoms with Crippen LogP contribution in [0.3, 0.4) is 0 Å². The van der Waals surface area contributed by atoms with Crippen molar-refractivity contribution in [3.8, 4) is 0 Å². The summed E-state index contributed by atoms with van der Waals surface area (Å²) < 4.78 is 8.10. The molecule has 0 bridgehead atoms. The maximum Gasteiger partial charge on any atom is 0.0840 e. The van der Waals surface area contributed by atoms with E-state index >= 15 is 0 Å². The second kappa shape index (κ2) is 23.6. The van der Waals surface area contributed by atoms with Crippen LogP contribution < -0.4 is 0 Å². The molecule has 2 N–H and O–H groups in total. The molecular weight excluding hydrogens is 496 g/mol. The van der Waals surface area contributed by atoms with Crippen molar-refractivity contribution in [1.82, 2.24) is 9.78 Å². The van der Waals surface area contributed by atoms with Gasteiger partial charge in [0.15, 0.2) is 0 Å². The molecule has 0 aromatic carbocycles. The molecule has 0 unspecified atom stereocenters. The Morgan fingerprint density at radius 1 is 0.675 bits per heavy atom. The maximum absolute atomic E-state index is 10.6. The standard InChI is InChI=1S/C35H66N2O3/c1-3-4-5-6-7-8-9-13-16-19-22-25-32(38)34-27-28-35(40-34)33(39)26-23-20-17-14-11-10-12-15-18-21-24-31-29-30-36-37(31)2/h29-30,32-35,38-39H,3-28H2,1-2H3/t32-,33-,34+,35+/m1/s1. The molecule has 1 aromatic rings. The highest BCUT2D eigenvalue weighted by Gasteiger charge is 2.33. The van der Waals surface area contributed by atoms with E-state index < -0.39 is 0 Å². The molecule has 234 valence electrons. The highest BCUT2D eigenvalue weighted by Crippen LogP contribution is 2.28. The number of aliphatic hydroxyl groups excluding tert-OH is 2. The zero-order chi connectivity index (χ0) is 28.7. The Morgan fingerprint density at radius 2 is 1.07 bits per heavy atom. The summed E-state index contributed by atoms with van der Waals surface area (Å²) >= 11 is 0. The highest BCUT2D eigenvalue weighted by molar-refractivity contribution is 4.99. The number of nitrogens with zero attached hydrogens (tertiary/aromatic N) is 2. The van der Waals surface area contributed by atoms with Gasteiger partial charge in [-0.1, -0.05) is 135 Å². The molecule has 4 atom stereocenters. The topological polar surface area (TPSA) is 67.5 Å². The van der Waals surface area contributed by atoms with E-state index in [-0.39, 0.29) is 24.4 Å². The van der Waals surface area contributed by atoms with Gasteiger partial charge in [0.05, 0.1) is 24.4 Å². The number of unbranched alkanes of at least 4 members (excludes halogenated alkanes) is 19. The van der Waals surface area contributed by atoms with Crippen molar-refractivity contribution in [2.45, 2.75) is 198 Å². The monoisotopic (exact) mass is 563 g/mol. The van der Waals surface area contributed by atoms with Gasteiger partial charge in [0.25, 0.3) is 0 Å². The van der Waals surface area contributed by atoms with E-state index in [1.807, 2.05) is 17.9 Å². The fourth-order valence-electron chi connectivity index (χ4n) is 6.37. The van der Waals surface area contributed by atoms with Gasteiger partial charge in [0.1, 0.15) is 0 Å². The molecule has 0 saturated carbocycles. The SMILES string of the molecule is CCCCCCCCCCCCC[C@@H](O)[C@@H]1CC[C@@H]([C@H](O)CCCCCCCCCCCCc2ccnn2C)O1. The molecule has 1 saturated heterocycles. The zero-order valence-electron chi connectivity index (χ0n) is 26.5. The lowest BCUT2D eigenvalue weighted by Gasteiger charge is -2.22. The maximum atomic E-state index is 10.6. The van der Waals surface area contributed by atoms with Crippen LogP contribution in [-0.2, 0) is 18.2 Å². The molecule has 5 nitrogen and oxygen atoms in total. The minimum absolute atomic E-state index is 0.0714. The van der Waals surface area contributed by atoms with Crippen molar-refractivity contribution in [3.05, 3.63) is 18.0 Å². The molecule has 0 amide bonds. The van der Waals surface area contributed by atoms with Crippen molar-refractivity contribution in [1.29, 1.82) is 0 Å². The van der Waals surface area contributed by atoms with Crippen molar-refractivity contribution in [2.24, 2.45) is 7.05 Å². The van der Waals surface area contributed by atoms with Gasteiger partial charge in [-0.3, -0.25) is 4.68 Å². The first-order chi connectivity index (χ1) is 19.6. The lowest BCUT2D eigenvalue weighted by Crippen LogP contribution is -2.31. The van der Waals surface area contributed by atoms with Gasteiger partial charge >= 0.3 is 0 Å². The molecule has 1 aromatic heterocycles. The van der Waals surface area contributed by atoms with Gasteiger partial charge in [-0.15, -0.1) is 0 Å². The van der Waals surface area contributed by atoms with Crippen molar-refractivity contribution in [3.63, 3.8) is 0 Å². The predicted octanol–water partition coefficient (Wildman–Crippen LogP) is 9.22. The van der Waals surface area contributed by atoms with Crippen molar-refractivity contribution < 1.29 is 14.9 Å². The summed E-state index contributed by atoms with van der Waals surface area (Å²) in [4.78, 5) is 0. The predicted molar refractivity (Wildman–Crippen MR) is 169 cm³/mol. The van der Waals surface area contributed by atoms with Gasteiger partial charge in [0.2, 0.25) is 0 Å². The van der Waals surface area contributed by atoms with Gasteiger partial charge in [-0.2, -0.15) is 5.10 Å². The Kier molecular flexibility index (Phi) is 20.8.